The van der Waals surface area contributed by atoms with E-state index in [2.05, 4.69) is 0 Å². The van der Waals surface area contributed by atoms with Gasteiger partial charge in [0.1, 0.15) is 0 Å². The van der Waals surface area contributed by atoms with Crippen LogP contribution in [0.2, 0.25) is 0 Å². The number of nitrogens with zero attached hydrogens (tertiary/aromatic N) is 2. The molecule has 2 aromatic carbocycles. The Bertz CT molecular complexity index is 751. The first-order valence-electron chi connectivity index (χ1n) is 7.34. The number of rotatable bonds is 6. The molecule has 0 saturated heterocycles. The lowest BCUT2D eigenvalue weighted by Gasteiger charge is -2.16. The Morgan fingerprint density at radius 1 is 0.913 bits per heavy atom. The Labute approximate surface area is 138 Å². The van der Waals surface area contributed by atoms with Crippen LogP contribution in [0.5, 0.6) is 0 Å². The topological polar surface area (TPSA) is 40.6 Å². The summed E-state index contributed by atoms with van der Waals surface area (Å²) in [4.78, 5) is 2.01. The van der Waals surface area contributed by atoms with E-state index in [1.54, 1.807) is 13.1 Å². The van der Waals surface area contributed by atoms with Crippen molar-refractivity contribution in [3.05, 3.63) is 71.1 Å². The second-order valence-corrected chi connectivity index (χ2v) is 7.50. The Balaban J connectivity index is 2.06. The van der Waals surface area contributed by atoms with Crippen molar-refractivity contribution >= 4 is 21.8 Å². The predicted octanol–water partition coefficient (Wildman–Crippen LogP) is 3.19. The zero-order valence-corrected chi connectivity index (χ0v) is 14.5. The Morgan fingerprint density at radius 2 is 1.52 bits per heavy atom. The van der Waals surface area contributed by atoms with Crippen LogP contribution in [0.3, 0.4) is 0 Å². The largest absolute Gasteiger partial charge is 0.378 e. The quantitative estimate of drug-likeness (QED) is 0.817. The molecular weight excluding hydrogens is 308 g/mol. The Kier molecular flexibility index (Phi) is 5.58. The monoisotopic (exact) mass is 330 g/mol. The molecule has 2 rings (SSSR count). The lowest BCUT2D eigenvalue weighted by atomic mass is 10.2. The SMILES string of the molecule is CN(C)c1ccc(CN(C)S(=O)(=O)/C=C/c2ccccc2)cc1. The van der Waals surface area contributed by atoms with Gasteiger partial charge in [-0.2, -0.15) is 4.31 Å². The van der Waals surface area contributed by atoms with Crippen LogP contribution in [0.15, 0.2) is 60.0 Å². The number of sulfonamides is 1. The minimum Gasteiger partial charge on any atom is -0.378 e. The molecule has 2 aromatic rings. The third-order valence-corrected chi connectivity index (χ3v) is 5.00. The molecule has 0 fully saturated rings. The molecule has 0 unspecified atom stereocenters. The minimum absolute atomic E-state index is 0.342. The number of benzene rings is 2. The van der Waals surface area contributed by atoms with E-state index >= 15 is 0 Å². The lowest BCUT2D eigenvalue weighted by Crippen LogP contribution is -2.24. The van der Waals surface area contributed by atoms with E-state index in [1.807, 2.05) is 73.6 Å². The Hall–Kier alpha value is -2.11. The summed E-state index contributed by atoms with van der Waals surface area (Å²) in [6.07, 6.45) is 1.61. The van der Waals surface area contributed by atoms with Crippen LogP contribution in [0.4, 0.5) is 5.69 Å². The van der Waals surface area contributed by atoms with Crippen LogP contribution in [0.1, 0.15) is 11.1 Å². The van der Waals surface area contributed by atoms with E-state index in [9.17, 15) is 8.42 Å². The molecule has 4 nitrogen and oxygen atoms in total. The van der Waals surface area contributed by atoms with Gasteiger partial charge in [-0.15, -0.1) is 0 Å². The van der Waals surface area contributed by atoms with Gasteiger partial charge in [-0.25, -0.2) is 8.42 Å². The third kappa shape index (κ3) is 4.94. The molecule has 0 spiro atoms. The number of hydrogen-bond donors (Lipinski definition) is 0. The highest BCUT2D eigenvalue weighted by Crippen LogP contribution is 2.15. The van der Waals surface area contributed by atoms with Gasteiger partial charge in [0.25, 0.3) is 0 Å². The van der Waals surface area contributed by atoms with Crippen molar-refractivity contribution in [1.82, 2.24) is 4.31 Å². The first kappa shape index (κ1) is 17.2. The first-order valence-corrected chi connectivity index (χ1v) is 8.84. The van der Waals surface area contributed by atoms with Gasteiger partial charge < -0.3 is 4.90 Å². The van der Waals surface area contributed by atoms with E-state index in [1.165, 1.54) is 9.71 Å². The van der Waals surface area contributed by atoms with Crippen molar-refractivity contribution in [3.63, 3.8) is 0 Å². The summed E-state index contributed by atoms with van der Waals surface area (Å²) >= 11 is 0. The van der Waals surface area contributed by atoms with Crippen molar-refractivity contribution in [1.29, 1.82) is 0 Å². The summed E-state index contributed by atoms with van der Waals surface area (Å²) in [7, 11) is 2.09. The van der Waals surface area contributed by atoms with E-state index in [0.29, 0.717) is 6.54 Å². The molecule has 0 aliphatic carbocycles. The fraction of sp³-hybridized carbons (Fsp3) is 0.222. The van der Waals surface area contributed by atoms with Crippen LogP contribution in [0.25, 0.3) is 6.08 Å². The van der Waals surface area contributed by atoms with Crippen molar-refractivity contribution in [3.8, 4) is 0 Å². The molecule has 0 aromatic heterocycles. The second kappa shape index (κ2) is 7.44. The molecule has 0 heterocycles. The highest BCUT2D eigenvalue weighted by Gasteiger charge is 2.14. The molecule has 0 amide bonds. The molecule has 5 heteroatoms. The van der Waals surface area contributed by atoms with Crippen LogP contribution in [0, 0.1) is 0 Å². The van der Waals surface area contributed by atoms with E-state index in [-0.39, 0.29) is 0 Å². The minimum atomic E-state index is -3.44. The van der Waals surface area contributed by atoms with Crippen LogP contribution in [-0.4, -0.2) is 33.9 Å². The fourth-order valence-electron chi connectivity index (χ4n) is 2.08. The first-order chi connectivity index (χ1) is 10.9. The summed E-state index contributed by atoms with van der Waals surface area (Å²) in [5, 5.41) is 1.25. The molecule has 0 N–H and O–H groups in total. The van der Waals surface area contributed by atoms with Gasteiger partial charge in [-0.3, -0.25) is 0 Å². The zero-order valence-electron chi connectivity index (χ0n) is 13.7. The summed E-state index contributed by atoms with van der Waals surface area (Å²) in [5.41, 5.74) is 2.90. The van der Waals surface area contributed by atoms with E-state index in [4.69, 9.17) is 0 Å². The maximum absolute atomic E-state index is 12.3. The summed E-state index contributed by atoms with van der Waals surface area (Å²) in [5.74, 6) is 0. The van der Waals surface area contributed by atoms with Crippen LogP contribution in [-0.2, 0) is 16.6 Å². The third-order valence-electron chi connectivity index (χ3n) is 3.52. The van der Waals surface area contributed by atoms with Crippen LogP contribution >= 0.6 is 0 Å². The fourth-order valence-corrected chi connectivity index (χ4v) is 2.95. The summed E-state index contributed by atoms with van der Waals surface area (Å²) in [6.45, 7) is 0.342. The molecule has 0 aliphatic heterocycles. The highest BCUT2D eigenvalue weighted by molar-refractivity contribution is 7.92. The molecule has 0 atom stereocenters. The van der Waals surface area contributed by atoms with Crippen molar-refractivity contribution in [2.24, 2.45) is 0 Å². The average molecular weight is 330 g/mol. The van der Waals surface area contributed by atoms with Gasteiger partial charge in [-0.1, -0.05) is 42.5 Å². The van der Waals surface area contributed by atoms with Gasteiger partial charge in [0.05, 0.1) is 0 Å². The summed E-state index contributed by atoms with van der Waals surface area (Å²) in [6, 6.07) is 17.2. The maximum Gasteiger partial charge on any atom is 0.236 e. The predicted molar refractivity (Wildman–Crippen MR) is 96.6 cm³/mol. The van der Waals surface area contributed by atoms with Crippen molar-refractivity contribution < 1.29 is 8.42 Å². The molecule has 0 aliphatic rings. The summed E-state index contributed by atoms with van der Waals surface area (Å²) < 4.78 is 26.0. The number of hydrogen-bond acceptors (Lipinski definition) is 3. The highest BCUT2D eigenvalue weighted by atomic mass is 32.2. The van der Waals surface area contributed by atoms with Crippen LogP contribution < -0.4 is 4.90 Å². The van der Waals surface area contributed by atoms with Gasteiger partial charge in [-0.05, 0) is 29.3 Å². The molecule has 0 radical (unpaired) electrons. The number of anilines is 1. The molecule has 23 heavy (non-hydrogen) atoms. The van der Waals surface area contributed by atoms with Gasteiger partial charge in [0.15, 0.2) is 0 Å². The molecular formula is C18H22N2O2S. The molecule has 122 valence electrons. The smallest absolute Gasteiger partial charge is 0.236 e. The Morgan fingerprint density at radius 3 is 2.09 bits per heavy atom. The normalized spacial score (nSPS) is 12.0. The zero-order chi connectivity index (χ0) is 16.9. The van der Waals surface area contributed by atoms with E-state index in [0.717, 1.165) is 16.8 Å². The molecule has 0 bridgehead atoms. The van der Waals surface area contributed by atoms with Gasteiger partial charge >= 0.3 is 0 Å². The van der Waals surface area contributed by atoms with Gasteiger partial charge in [0, 0.05) is 38.8 Å². The van der Waals surface area contributed by atoms with E-state index < -0.39 is 10.0 Å². The average Bonchev–Trinajstić information content (AvgIpc) is 2.54. The lowest BCUT2D eigenvalue weighted by molar-refractivity contribution is 0.475. The maximum atomic E-state index is 12.3. The van der Waals surface area contributed by atoms with Crippen molar-refractivity contribution in [2.75, 3.05) is 26.0 Å². The molecule has 0 saturated carbocycles. The van der Waals surface area contributed by atoms with Gasteiger partial charge in [0.2, 0.25) is 10.0 Å². The van der Waals surface area contributed by atoms with Crippen molar-refractivity contribution in [2.45, 2.75) is 6.54 Å². The standard InChI is InChI=1S/C18H22N2O2S/c1-19(2)18-11-9-17(10-12-18)15-20(3)23(21,22)14-13-16-7-5-4-6-8-16/h4-14H,15H2,1-3H3/b14-13+. The second-order valence-electron chi connectivity index (χ2n) is 5.58.